The summed E-state index contributed by atoms with van der Waals surface area (Å²) in [5.41, 5.74) is 1.92. The normalized spacial score (nSPS) is 16.9. The number of halogens is 2. The van der Waals surface area contributed by atoms with Gasteiger partial charge in [0.2, 0.25) is 0 Å². The number of rotatable bonds is 5. The van der Waals surface area contributed by atoms with Gasteiger partial charge in [-0.1, -0.05) is 36.4 Å². The highest BCUT2D eigenvalue weighted by atomic mass is 127. The molecule has 0 bridgehead atoms. The van der Waals surface area contributed by atoms with Gasteiger partial charge in [-0.05, 0) is 30.5 Å². The predicted molar refractivity (Wildman–Crippen MR) is 117 cm³/mol. The van der Waals surface area contributed by atoms with Crippen molar-refractivity contribution in [3.05, 3.63) is 66.0 Å². The van der Waals surface area contributed by atoms with Gasteiger partial charge < -0.3 is 15.5 Å². The minimum absolute atomic E-state index is 0. The molecule has 1 saturated heterocycles. The van der Waals surface area contributed by atoms with E-state index in [0.29, 0.717) is 24.0 Å². The number of nitrogens with one attached hydrogen (secondary N) is 2. The van der Waals surface area contributed by atoms with Crippen molar-refractivity contribution in [2.45, 2.75) is 13.0 Å². The molecule has 0 aromatic heterocycles. The van der Waals surface area contributed by atoms with Gasteiger partial charge in [0, 0.05) is 44.5 Å². The molecule has 2 N–H and O–H groups in total. The van der Waals surface area contributed by atoms with Crippen molar-refractivity contribution in [2.24, 2.45) is 10.9 Å². The molecule has 1 heterocycles. The first-order valence-electron chi connectivity index (χ1n) is 8.74. The Kier molecular flexibility index (Phi) is 8.15. The molecule has 1 aliphatic heterocycles. The summed E-state index contributed by atoms with van der Waals surface area (Å²) in [6.45, 7) is 3.41. The van der Waals surface area contributed by atoms with Crippen LogP contribution in [0.2, 0.25) is 0 Å². The molecule has 1 fully saturated rings. The van der Waals surface area contributed by atoms with E-state index in [-0.39, 0.29) is 29.8 Å². The number of guanidine groups is 1. The molecule has 3 rings (SSSR count). The van der Waals surface area contributed by atoms with Gasteiger partial charge in [0.25, 0.3) is 0 Å². The standard InChI is InChI=1S/C20H25FN4.HI/c1-22-20(24-14-17-7-5-6-10-19(17)21)23-13-16-11-12-25(15-16)18-8-3-2-4-9-18;/h2-10,16H,11-15H2,1H3,(H2,22,23,24);1H. The van der Waals surface area contributed by atoms with Crippen LogP contribution in [-0.4, -0.2) is 32.6 Å². The second-order valence-corrected chi connectivity index (χ2v) is 6.33. The van der Waals surface area contributed by atoms with Gasteiger partial charge in [-0.2, -0.15) is 0 Å². The first-order valence-corrected chi connectivity index (χ1v) is 8.74. The maximum absolute atomic E-state index is 13.7. The second-order valence-electron chi connectivity index (χ2n) is 6.33. The maximum Gasteiger partial charge on any atom is 0.191 e. The highest BCUT2D eigenvalue weighted by Gasteiger charge is 2.22. The first kappa shape index (κ1) is 20.5. The number of anilines is 1. The molecule has 2 aromatic carbocycles. The first-order chi connectivity index (χ1) is 12.3. The third-order valence-electron chi connectivity index (χ3n) is 4.59. The topological polar surface area (TPSA) is 39.7 Å². The molecule has 1 aliphatic rings. The molecular weight excluding hydrogens is 442 g/mol. The van der Waals surface area contributed by atoms with E-state index in [9.17, 15) is 4.39 Å². The van der Waals surface area contributed by atoms with E-state index in [1.807, 2.05) is 12.1 Å². The zero-order chi connectivity index (χ0) is 17.5. The Bertz CT molecular complexity index is 708. The number of hydrogen-bond donors (Lipinski definition) is 2. The lowest BCUT2D eigenvalue weighted by Crippen LogP contribution is -2.40. The van der Waals surface area contributed by atoms with Crippen molar-refractivity contribution < 1.29 is 4.39 Å². The van der Waals surface area contributed by atoms with Crippen LogP contribution >= 0.6 is 24.0 Å². The predicted octanol–water partition coefficient (Wildman–Crippen LogP) is 3.64. The SMILES string of the molecule is CN=C(NCc1ccccc1F)NCC1CCN(c2ccccc2)C1.I. The van der Waals surface area contributed by atoms with E-state index < -0.39 is 0 Å². The van der Waals surface area contributed by atoms with Gasteiger partial charge in [0.15, 0.2) is 5.96 Å². The third-order valence-corrected chi connectivity index (χ3v) is 4.59. The van der Waals surface area contributed by atoms with Crippen LogP contribution in [-0.2, 0) is 6.54 Å². The second kappa shape index (κ2) is 10.4. The van der Waals surface area contributed by atoms with Crippen molar-refractivity contribution in [3.8, 4) is 0 Å². The average Bonchev–Trinajstić information content (AvgIpc) is 3.13. The van der Waals surface area contributed by atoms with Crippen LogP contribution in [0.4, 0.5) is 10.1 Å². The molecule has 6 heteroatoms. The quantitative estimate of drug-likeness (QED) is 0.400. The van der Waals surface area contributed by atoms with E-state index in [1.54, 1.807) is 19.2 Å². The molecule has 0 spiro atoms. The largest absolute Gasteiger partial charge is 0.371 e. The van der Waals surface area contributed by atoms with Crippen molar-refractivity contribution in [3.63, 3.8) is 0 Å². The molecule has 4 nitrogen and oxygen atoms in total. The summed E-state index contributed by atoms with van der Waals surface area (Å²) < 4.78 is 13.7. The number of para-hydroxylation sites is 1. The summed E-state index contributed by atoms with van der Waals surface area (Å²) in [4.78, 5) is 6.65. The van der Waals surface area contributed by atoms with E-state index in [2.05, 4.69) is 44.8 Å². The molecule has 140 valence electrons. The number of nitrogens with zero attached hydrogens (tertiary/aromatic N) is 2. The summed E-state index contributed by atoms with van der Waals surface area (Å²) in [7, 11) is 1.74. The molecule has 1 atom stereocenters. The Hall–Kier alpha value is -1.83. The lowest BCUT2D eigenvalue weighted by atomic mass is 10.1. The van der Waals surface area contributed by atoms with Crippen molar-refractivity contribution >= 4 is 35.6 Å². The van der Waals surface area contributed by atoms with Crippen LogP contribution < -0.4 is 15.5 Å². The monoisotopic (exact) mass is 468 g/mol. The fraction of sp³-hybridized carbons (Fsp3) is 0.350. The fourth-order valence-corrected chi connectivity index (χ4v) is 3.15. The Morgan fingerprint density at radius 3 is 2.58 bits per heavy atom. The molecule has 1 unspecified atom stereocenters. The van der Waals surface area contributed by atoms with Crippen LogP contribution in [0, 0.1) is 11.7 Å². The number of aliphatic imine (C=N–C) groups is 1. The van der Waals surface area contributed by atoms with Crippen LogP contribution in [0.5, 0.6) is 0 Å². The molecule has 0 radical (unpaired) electrons. The maximum atomic E-state index is 13.7. The molecule has 0 amide bonds. The van der Waals surface area contributed by atoms with Crippen molar-refractivity contribution in [2.75, 3.05) is 31.6 Å². The van der Waals surface area contributed by atoms with Crippen molar-refractivity contribution in [1.82, 2.24) is 10.6 Å². The zero-order valence-electron chi connectivity index (χ0n) is 15.0. The van der Waals surface area contributed by atoms with E-state index in [1.165, 1.54) is 11.8 Å². The van der Waals surface area contributed by atoms with Gasteiger partial charge in [-0.25, -0.2) is 4.39 Å². The molecular formula is C20H26FIN4. The Morgan fingerprint density at radius 1 is 1.12 bits per heavy atom. The van der Waals surface area contributed by atoms with Crippen molar-refractivity contribution in [1.29, 1.82) is 0 Å². The van der Waals surface area contributed by atoms with Gasteiger partial charge >= 0.3 is 0 Å². The van der Waals surface area contributed by atoms with Crippen LogP contribution in [0.1, 0.15) is 12.0 Å². The Labute approximate surface area is 171 Å². The van der Waals surface area contributed by atoms with E-state index in [4.69, 9.17) is 0 Å². The lowest BCUT2D eigenvalue weighted by Gasteiger charge is -2.19. The van der Waals surface area contributed by atoms with Gasteiger partial charge in [0.1, 0.15) is 5.82 Å². The van der Waals surface area contributed by atoms with Crippen LogP contribution in [0.15, 0.2) is 59.6 Å². The fourth-order valence-electron chi connectivity index (χ4n) is 3.15. The summed E-state index contributed by atoms with van der Waals surface area (Å²) in [5.74, 6) is 1.09. The van der Waals surface area contributed by atoms with Gasteiger partial charge in [-0.3, -0.25) is 4.99 Å². The average molecular weight is 468 g/mol. The molecule has 26 heavy (non-hydrogen) atoms. The van der Waals surface area contributed by atoms with E-state index in [0.717, 1.165) is 26.1 Å². The Morgan fingerprint density at radius 2 is 1.85 bits per heavy atom. The smallest absolute Gasteiger partial charge is 0.191 e. The highest BCUT2D eigenvalue weighted by molar-refractivity contribution is 14.0. The van der Waals surface area contributed by atoms with Crippen LogP contribution in [0.25, 0.3) is 0 Å². The molecule has 2 aromatic rings. The third kappa shape index (κ3) is 5.59. The number of benzene rings is 2. The molecule has 0 aliphatic carbocycles. The van der Waals surface area contributed by atoms with E-state index >= 15 is 0 Å². The highest BCUT2D eigenvalue weighted by Crippen LogP contribution is 2.22. The summed E-state index contributed by atoms with van der Waals surface area (Å²) >= 11 is 0. The minimum Gasteiger partial charge on any atom is -0.371 e. The molecule has 0 saturated carbocycles. The minimum atomic E-state index is -0.195. The van der Waals surface area contributed by atoms with Gasteiger partial charge in [-0.15, -0.1) is 24.0 Å². The van der Waals surface area contributed by atoms with Gasteiger partial charge in [0.05, 0.1) is 0 Å². The summed E-state index contributed by atoms with van der Waals surface area (Å²) in [6.07, 6.45) is 1.16. The Balaban J connectivity index is 0.00000243. The summed E-state index contributed by atoms with van der Waals surface area (Å²) in [6, 6.07) is 17.3. The summed E-state index contributed by atoms with van der Waals surface area (Å²) in [5, 5.41) is 6.54. The van der Waals surface area contributed by atoms with Crippen LogP contribution in [0.3, 0.4) is 0 Å². The zero-order valence-corrected chi connectivity index (χ0v) is 17.3. The number of hydrogen-bond acceptors (Lipinski definition) is 2. The lowest BCUT2D eigenvalue weighted by molar-refractivity contribution is 0.563.